The fourth-order valence-corrected chi connectivity index (χ4v) is 3.63. The van der Waals surface area contributed by atoms with Crippen molar-refractivity contribution >= 4 is 17.1 Å². The first-order chi connectivity index (χ1) is 13.0. The van der Waals surface area contributed by atoms with E-state index >= 15 is 0 Å². The number of likely N-dealkylation sites (tertiary alicyclic amines) is 1. The molecule has 1 saturated heterocycles. The van der Waals surface area contributed by atoms with Gasteiger partial charge < -0.3 is 14.8 Å². The lowest BCUT2D eigenvalue weighted by Crippen LogP contribution is -2.43. The van der Waals surface area contributed by atoms with Gasteiger partial charge in [-0.15, -0.1) is 0 Å². The molecule has 1 N–H and O–H groups in total. The number of rotatable bonds is 6. The van der Waals surface area contributed by atoms with Crippen molar-refractivity contribution in [2.24, 2.45) is 14.1 Å². The van der Waals surface area contributed by atoms with Crippen LogP contribution >= 0.6 is 0 Å². The molecule has 0 bridgehead atoms. The van der Waals surface area contributed by atoms with E-state index in [2.05, 4.69) is 15.2 Å². The summed E-state index contributed by atoms with van der Waals surface area (Å²) in [6, 6.07) is 0. The lowest BCUT2D eigenvalue weighted by Gasteiger charge is -2.19. The van der Waals surface area contributed by atoms with Crippen LogP contribution in [0.25, 0.3) is 11.2 Å². The number of aryl methyl sites for hydroxylation is 2. The zero-order valence-corrected chi connectivity index (χ0v) is 16.1. The van der Waals surface area contributed by atoms with Crippen LogP contribution < -0.4 is 16.6 Å². The Balaban J connectivity index is 1.59. The maximum Gasteiger partial charge on any atom is 0.332 e. The first kappa shape index (κ1) is 19.3. The molecule has 3 rings (SSSR count). The van der Waals surface area contributed by atoms with Crippen molar-refractivity contribution in [1.29, 1.82) is 0 Å². The molecule has 27 heavy (non-hydrogen) atoms. The van der Waals surface area contributed by atoms with E-state index in [9.17, 15) is 14.4 Å². The Hall–Kier alpha value is -2.42. The quantitative estimate of drug-likeness (QED) is 0.706. The molecule has 148 valence electrons. The summed E-state index contributed by atoms with van der Waals surface area (Å²) in [5.74, 6) is -0.327. The molecule has 1 fully saturated rings. The number of nitrogens with zero attached hydrogens (tertiary/aromatic N) is 5. The summed E-state index contributed by atoms with van der Waals surface area (Å²) < 4.78 is 3.82. The smallest absolute Gasteiger partial charge is 0.332 e. The van der Waals surface area contributed by atoms with Crippen LogP contribution in [0.3, 0.4) is 0 Å². The SMILES string of the molecule is Cn1cnc2c1c(=O)n(CC(=O)NCCCN1CCCCCC1)c(=O)n2C. The van der Waals surface area contributed by atoms with E-state index in [1.807, 2.05) is 0 Å². The van der Waals surface area contributed by atoms with Crippen LogP contribution in [0.5, 0.6) is 0 Å². The van der Waals surface area contributed by atoms with Crippen LogP contribution in [0, 0.1) is 0 Å². The highest BCUT2D eigenvalue weighted by Crippen LogP contribution is 2.09. The number of hydrogen-bond donors (Lipinski definition) is 1. The molecule has 9 nitrogen and oxygen atoms in total. The number of imidazole rings is 1. The summed E-state index contributed by atoms with van der Waals surface area (Å²) in [4.78, 5) is 43.8. The van der Waals surface area contributed by atoms with Crippen molar-refractivity contribution in [2.45, 2.75) is 38.6 Å². The second-order valence-corrected chi connectivity index (χ2v) is 7.22. The molecule has 2 aromatic heterocycles. The summed E-state index contributed by atoms with van der Waals surface area (Å²) in [5.41, 5.74) is -0.397. The third-order valence-corrected chi connectivity index (χ3v) is 5.17. The second kappa shape index (κ2) is 8.51. The molecular weight excluding hydrogens is 348 g/mol. The van der Waals surface area contributed by atoms with Crippen molar-refractivity contribution in [2.75, 3.05) is 26.2 Å². The average molecular weight is 376 g/mol. The van der Waals surface area contributed by atoms with Crippen LogP contribution in [0.4, 0.5) is 0 Å². The normalized spacial score (nSPS) is 15.8. The third kappa shape index (κ3) is 4.29. The van der Waals surface area contributed by atoms with Gasteiger partial charge in [-0.1, -0.05) is 12.8 Å². The number of hydrogen-bond acceptors (Lipinski definition) is 5. The first-order valence-electron chi connectivity index (χ1n) is 9.59. The fourth-order valence-electron chi connectivity index (χ4n) is 3.63. The van der Waals surface area contributed by atoms with Crippen molar-refractivity contribution in [3.63, 3.8) is 0 Å². The molecule has 1 aliphatic heterocycles. The van der Waals surface area contributed by atoms with Gasteiger partial charge in [0.25, 0.3) is 5.56 Å². The topological polar surface area (TPSA) is 94.2 Å². The van der Waals surface area contributed by atoms with Crippen LogP contribution in [0.2, 0.25) is 0 Å². The minimum Gasteiger partial charge on any atom is -0.354 e. The molecule has 9 heteroatoms. The standard InChI is InChI=1S/C18H28N6O3/c1-21-13-20-16-15(21)17(26)24(18(27)22(16)2)12-14(25)19-8-7-11-23-9-5-3-4-6-10-23/h13H,3-12H2,1-2H3,(H,19,25). The van der Waals surface area contributed by atoms with Gasteiger partial charge in [-0.25, -0.2) is 14.3 Å². The number of carbonyl (C=O) groups is 1. The van der Waals surface area contributed by atoms with E-state index in [1.54, 1.807) is 18.7 Å². The summed E-state index contributed by atoms with van der Waals surface area (Å²) in [6.45, 7) is 3.48. The van der Waals surface area contributed by atoms with Gasteiger partial charge in [-0.3, -0.25) is 14.2 Å². The number of aromatic nitrogens is 4. The van der Waals surface area contributed by atoms with Gasteiger partial charge in [0.1, 0.15) is 6.54 Å². The number of amides is 1. The van der Waals surface area contributed by atoms with Gasteiger partial charge in [-0.2, -0.15) is 0 Å². The molecule has 3 heterocycles. The van der Waals surface area contributed by atoms with Crippen LogP contribution in [-0.4, -0.2) is 55.7 Å². The van der Waals surface area contributed by atoms with Gasteiger partial charge in [0, 0.05) is 20.6 Å². The lowest BCUT2D eigenvalue weighted by molar-refractivity contribution is -0.121. The van der Waals surface area contributed by atoms with Crippen LogP contribution in [0.15, 0.2) is 15.9 Å². The largest absolute Gasteiger partial charge is 0.354 e. The second-order valence-electron chi connectivity index (χ2n) is 7.22. The molecule has 0 spiro atoms. The Labute approximate surface area is 157 Å². The highest BCUT2D eigenvalue weighted by atomic mass is 16.2. The van der Waals surface area contributed by atoms with Gasteiger partial charge in [0.15, 0.2) is 11.2 Å². The molecule has 0 aromatic carbocycles. The maximum absolute atomic E-state index is 12.6. The van der Waals surface area contributed by atoms with E-state index in [1.165, 1.54) is 36.6 Å². The number of carbonyl (C=O) groups excluding carboxylic acids is 1. The Morgan fingerprint density at radius 2 is 1.85 bits per heavy atom. The van der Waals surface area contributed by atoms with Crippen LogP contribution in [0.1, 0.15) is 32.1 Å². The molecule has 0 radical (unpaired) electrons. The van der Waals surface area contributed by atoms with Gasteiger partial charge >= 0.3 is 5.69 Å². The summed E-state index contributed by atoms with van der Waals surface area (Å²) in [6.07, 6.45) is 7.44. The van der Waals surface area contributed by atoms with Crippen molar-refractivity contribution in [3.8, 4) is 0 Å². The molecule has 0 saturated carbocycles. The molecule has 0 unspecified atom stereocenters. The van der Waals surface area contributed by atoms with E-state index in [0.717, 1.165) is 30.6 Å². The third-order valence-electron chi connectivity index (χ3n) is 5.17. The predicted octanol–water partition coefficient (Wildman–Crippen LogP) is -0.184. The van der Waals surface area contributed by atoms with Crippen molar-refractivity contribution in [3.05, 3.63) is 27.2 Å². The zero-order chi connectivity index (χ0) is 19.4. The minimum atomic E-state index is -0.536. The molecular formula is C18H28N6O3. The summed E-state index contributed by atoms with van der Waals surface area (Å²) in [5, 5.41) is 2.82. The monoisotopic (exact) mass is 376 g/mol. The number of nitrogens with one attached hydrogen (secondary N) is 1. The zero-order valence-electron chi connectivity index (χ0n) is 16.1. The van der Waals surface area contributed by atoms with Gasteiger partial charge in [0.05, 0.1) is 6.33 Å². The Bertz CT molecular complexity index is 918. The molecule has 0 atom stereocenters. The van der Waals surface area contributed by atoms with Gasteiger partial charge in [-0.05, 0) is 38.9 Å². The summed E-state index contributed by atoms with van der Waals surface area (Å²) in [7, 11) is 3.24. The van der Waals surface area contributed by atoms with Crippen molar-refractivity contribution < 1.29 is 4.79 Å². The fraction of sp³-hybridized carbons (Fsp3) is 0.667. The summed E-state index contributed by atoms with van der Waals surface area (Å²) >= 11 is 0. The van der Waals surface area contributed by atoms with E-state index in [-0.39, 0.29) is 12.5 Å². The lowest BCUT2D eigenvalue weighted by atomic mass is 10.2. The Kier molecular flexibility index (Phi) is 6.10. The highest BCUT2D eigenvalue weighted by molar-refractivity contribution is 5.76. The molecule has 1 aliphatic rings. The Morgan fingerprint density at radius 1 is 1.15 bits per heavy atom. The molecule has 2 aromatic rings. The van der Waals surface area contributed by atoms with E-state index in [0.29, 0.717) is 17.7 Å². The number of fused-ring (bicyclic) bond motifs is 1. The highest BCUT2D eigenvalue weighted by Gasteiger charge is 2.17. The van der Waals surface area contributed by atoms with E-state index < -0.39 is 11.2 Å². The molecule has 0 aliphatic carbocycles. The predicted molar refractivity (Wildman–Crippen MR) is 103 cm³/mol. The first-order valence-corrected chi connectivity index (χ1v) is 9.59. The average Bonchev–Trinajstić information content (AvgIpc) is 2.86. The van der Waals surface area contributed by atoms with Gasteiger partial charge in [0.2, 0.25) is 5.91 Å². The minimum absolute atomic E-state index is 0.281. The Morgan fingerprint density at radius 3 is 2.56 bits per heavy atom. The molecule has 1 amide bonds. The van der Waals surface area contributed by atoms with Crippen molar-refractivity contribution in [1.82, 2.24) is 28.9 Å². The van der Waals surface area contributed by atoms with E-state index in [4.69, 9.17) is 0 Å². The van der Waals surface area contributed by atoms with Crippen LogP contribution in [-0.2, 0) is 25.4 Å². The maximum atomic E-state index is 12.6.